The molecule has 4 nitrogen and oxygen atoms in total. The van der Waals surface area contributed by atoms with Crippen LogP contribution in [0.3, 0.4) is 0 Å². The lowest BCUT2D eigenvalue weighted by atomic mass is 10.1. The third kappa shape index (κ3) is 2.94. The summed E-state index contributed by atoms with van der Waals surface area (Å²) < 4.78 is 3.41. The number of benzene rings is 2. The maximum atomic E-state index is 12.9. The first kappa shape index (κ1) is 16.3. The second-order valence-electron chi connectivity index (χ2n) is 6.57. The van der Waals surface area contributed by atoms with Crippen LogP contribution in [0.1, 0.15) is 23.6 Å². The van der Waals surface area contributed by atoms with Crippen LogP contribution in [0.5, 0.6) is 0 Å². The molecule has 4 aromatic rings. The van der Waals surface area contributed by atoms with E-state index in [0.29, 0.717) is 12.1 Å². The minimum atomic E-state index is -0.0281. The molecule has 0 aliphatic carbocycles. The Morgan fingerprint density at radius 2 is 1.77 bits per heavy atom. The summed E-state index contributed by atoms with van der Waals surface area (Å²) in [6, 6.07) is 18.3. The number of nitrogens with zero attached hydrogens (tertiary/aromatic N) is 3. The van der Waals surface area contributed by atoms with Gasteiger partial charge in [-0.25, -0.2) is 4.52 Å². The quantitative estimate of drug-likeness (QED) is 0.560. The van der Waals surface area contributed by atoms with E-state index >= 15 is 0 Å². The first-order chi connectivity index (χ1) is 12.7. The van der Waals surface area contributed by atoms with Gasteiger partial charge in [0.1, 0.15) is 5.52 Å². The minimum Gasteiger partial charge on any atom is -0.308 e. The van der Waals surface area contributed by atoms with Gasteiger partial charge in [-0.15, -0.1) is 0 Å². The molecular weight excluding hydrogens is 322 g/mol. The summed E-state index contributed by atoms with van der Waals surface area (Å²) >= 11 is 0. The fourth-order valence-electron chi connectivity index (χ4n) is 3.17. The molecule has 130 valence electrons. The first-order valence-electron chi connectivity index (χ1n) is 8.88. The number of rotatable bonds is 4. The van der Waals surface area contributed by atoms with Crippen molar-refractivity contribution in [3.63, 3.8) is 0 Å². The predicted octanol–water partition coefficient (Wildman–Crippen LogP) is 4.08. The van der Waals surface area contributed by atoms with Gasteiger partial charge in [-0.1, -0.05) is 55.5 Å². The van der Waals surface area contributed by atoms with Crippen molar-refractivity contribution in [2.75, 3.05) is 0 Å². The molecule has 0 fully saturated rings. The van der Waals surface area contributed by atoms with Crippen LogP contribution in [0.15, 0.2) is 71.8 Å². The molecule has 0 unspecified atom stereocenters. The Morgan fingerprint density at radius 1 is 1.00 bits per heavy atom. The average molecular weight is 343 g/mol. The minimum absolute atomic E-state index is 0.0281. The second kappa shape index (κ2) is 6.64. The SMILES string of the molecule is CCc1ccc(-c2cc3c(=O)n(Cc4ccccc4C)ccn3n2)cc1. The molecule has 4 rings (SSSR count). The molecule has 0 saturated heterocycles. The van der Waals surface area contributed by atoms with Crippen LogP contribution >= 0.6 is 0 Å². The maximum absolute atomic E-state index is 12.9. The number of fused-ring (bicyclic) bond motifs is 1. The van der Waals surface area contributed by atoms with Crippen molar-refractivity contribution in [2.24, 2.45) is 0 Å². The molecule has 0 spiro atoms. The Hall–Kier alpha value is -3.14. The van der Waals surface area contributed by atoms with E-state index in [9.17, 15) is 4.79 Å². The largest absolute Gasteiger partial charge is 0.308 e. The van der Waals surface area contributed by atoms with E-state index in [2.05, 4.69) is 55.3 Å². The lowest BCUT2D eigenvalue weighted by Gasteiger charge is -2.08. The average Bonchev–Trinajstić information content (AvgIpc) is 3.11. The number of aromatic nitrogens is 3. The summed E-state index contributed by atoms with van der Waals surface area (Å²) in [4.78, 5) is 12.9. The van der Waals surface area contributed by atoms with Crippen molar-refractivity contribution >= 4 is 5.52 Å². The van der Waals surface area contributed by atoms with Crippen molar-refractivity contribution in [1.82, 2.24) is 14.2 Å². The van der Waals surface area contributed by atoms with Crippen molar-refractivity contribution in [2.45, 2.75) is 26.8 Å². The van der Waals surface area contributed by atoms with E-state index in [1.807, 2.05) is 24.4 Å². The van der Waals surface area contributed by atoms with Gasteiger partial charge in [-0.2, -0.15) is 5.10 Å². The highest BCUT2D eigenvalue weighted by Crippen LogP contribution is 2.19. The molecule has 0 atom stereocenters. The monoisotopic (exact) mass is 343 g/mol. The standard InChI is InChI=1S/C22H21N3O/c1-3-17-8-10-18(11-9-17)20-14-21-22(26)24(12-13-25(21)23-20)15-19-7-5-4-6-16(19)2/h4-14H,3,15H2,1-2H3. The molecule has 4 heteroatoms. The van der Waals surface area contributed by atoms with Crippen molar-refractivity contribution in [1.29, 1.82) is 0 Å². The van der Waals surface area contributed by atoms with E-state index in [4.69, 9.17) is 0 Å². The van der Waals surface area contributed by atoms with E-state index in [0.717, 1.165) is 23.2 Å². The molecule has 0 N–H and O–H groups in total. The van der Waals surface area contributed by atoms with Crippen LogP contribution in [0.2, 0.25) is 0 Å². The van der Waals surface area contributed by atoms with Gasteiger partial charge in [-0.05, 0) is 36.1 Å². The molecule has 2 aromatic carbocycles. The Labute approximate surface area is 152 Å². The molecule has 26 heavy (non-hydrogen) atoms. The summed E-state index contributed by atoms with van der Waals surface area (Å²) in [5, 5.41) is 4.57. The predicted molar refractivity (Wildman–Crippen MR) is 105 cm³/mol. The zero-order chi connectivity index (χ0) is 18.1. The fraction of sp³-hybridized carbons (Fsp3) is 0.182. The Kier molecular flexibility index (Phi) is 4.17. The Morgan fingerprint density at radius 3 is 2.50 bits per heavy atom. The van der Waals surface area contributed by atoms with Gasteiger partial charge in [-0.3, -0.25) is 4.79 Å². The highest BCUT2D eigenvalue weighted by atomic mass is 16.1. The summed E-state index contributed by atoms with van der Waals surface area (Å²) in [5.74, 6) is 0. The fourth-order valence-corrected chi connectivity index (χ4v) is 3.17. The molecule has 0 amide bonds. The zero-order valence-corrected chi connectivity index (χ0v) is 15.0. The highest BCUT2D eigenvalue weighted by Gasteiger charge is 2.10. The number of hydrogen-bond donors (Lipinski definition) is 0. The van der Waals surface area contributed by atoms with Crippen molar-refractivity contribution in [3.8, 4) is 11.3 Å². The summed E-state index contributed by atoms with van der Waals surface area (Å²) in [6.45, 7) is 4.76. The molecule has 0 saturated carbocycles. The van der Waals surface area contributed by atoms with Gasteiger partial charge < -0.3 is 4.57 Å². The van der Waals surface area contributed by atoms with E-state index in [1.54, 1.807) is 15.3 Å². The summed E-state index contributed by atoms with van der Waals surface area (Å²) in [6.07, 6.45) is 4.66. The van der Waals surface area contributed by atoms with Crippen LogP contribution in [-0.2, 0) is 13.0 Å². The third-order valence-corrected chi connectivity index (χ3v) is 4.86. The van der Waals surface area contributed by atoms with Crippen molar-refractivity contribution in [3.05, 3.63) is 94.0 Å². The number of aryl methyl sites for hydroxylation is 2. The van der Waals surface area contributed by atoms with Crippen LogP contribution in [0.25, 0.3) is 16.8 Å². The van der Waals surface area contributed by atoms with Crippen LogP contribution in [0, 0.1) is 6.92 Å². The van der Waals surface area contributed by atoms with E-state index in [1.165, 1.54) is 11.1 Å². The van der Waals surface area contributed by atoms with E-state index < -0.39 is 0 Å². The molecular formula is C22H21N3O. The van der Waals surface area contributed by atoms with Gasteiger partial charge in [0.15, 0.2) is 0 Å². The van der Waals surface area contributed by atoms with Gasteiger partial charge in [0.25, 0.3) is 5.56 Å². The first-order valence-corrected chi connectivity index (χ1v) is 8.88. The zero-order valence-electron chi connectivity index (χ0n) is 15.0. The summed E-state index contributed by atoms with van der Waals surface area (Å²) in [7, 11) is 0. The van der Waals surface area contributed by atoms with Crippen LogP contribution in [-0.4, -0.2) is 14.2 Å². The molecule has 0 aliphatic heterocycles. The normalized spacial score (nSPS) is 11.2. The molecule has 2 heterocycles. The van der Waals surface area contributed by atoms with Crippen LogP contribution < -0.4 is 5.56 Å². The highest BCUT2D eigenvalue weighted by molar-refractivity contribution is 5.65. The Balaban J connectivity index is 1.73. The molecule has 0 bridgehead atoms. The lowest BCUT2D eigenvalue weighted by molar-refractivity contribution is 0.740. The van der Waals surface area contributed by atoms with Gasteiger partial charge >= 0.3 is 0 Å². The lowest BCUT2D eigenvalue weighted by Crippen LogP contribution is -2.22. The van der Waals surface area contributed by atoms with Gasteiger partial charge in [0.2, 0.25) is 0 Å². The smallest absolute Gasteiger partial charge is 0.276 e. The van der Waals surface area contributed by atoms with Gasteiger partial charge in [0.05, 0.1) is 12.2 Å². The molecule has 0 radical (unpaired) electrons. The van der Waals surface area contributed by atoms with Crippen LogP contribution in [0.4, 0.5) is 0 Å². The maximum Gasteiger partial charge on any atom is 0.276 e. The number of hydrogen-bond acceptors (Lipinski definition) is 2. The molecule has 2 aromatic heterocycles. The van der Waals surface area contributed by atoms with E-state index in [-0.39, 0.29) is 5.56 Å². The van der Waals surface area contributed by atoms with Gasteiger partial charge in [0, 0.05) is 18.0 Å². The topological polar surface area (TPSA) is 39.3 Å². The van der Waals surface area contributed by atoms with Crippen molar-refractivity contribution < 1.29 is 0 Å². The second-order valence-corrected chi connectivity index (χ2v) is 6.57. The Bertz CT molecular complexity index is 1120. The third-order valence-electron chi connectivity index (χ3n) is 4.86. The summed E-state index contributed by atoms with van der Waals surface area (Å²) in [5.41, 5.74) is 6.03. The molecule has 0 aliphatic rings.